The van der Waals surface area contributed by atoms with Crippen LogP contribution in [0.2, 0.25) is 0 Å². The predicted octanol–water partition coefficient (Wildman–Crippen LogP) is 0.0520. The van der Waals surface area contributed by atoms with Crippen LogP contribution in [0.1, 0.15) is 33.1 Å². The van der Waals surface area contributed by atoms with Crippen molar-refractivity contribution in [1.82, 2.24) is 10.6 Å². The summed E-state index contributed by atoms with van der Waals surface area (Å²) in [6.07, 6.45) is 1.32. The molecule has 0 aliphatic rings. The Bertz CT molecular complexity index is 315. The quantitative estimate of drug-likeness (QED) is 0.492. The van der Waals surface area contributed by atoms with Crippen molar-refractivity contribution in [2.24, 2.45) is 11.1 Å². The Labute approximate surface area is 106 Å². The van der Waals surface area contributed by atoms with Gasteiger partial charge in [-0.15, -0.1) is 0 Å². The van der Waals surface area contributed by atoms with Gasteiger partial charge in [-0.1, -0.05) is 13.8 Å². The number of aliphatic carboxylic acids is 1. The van der Waals surface area contributed by atoms with Crippen molar-refractivity contribution in [1.29, 1.82) is 0 Å². The largest absolute Gasteiger partial charge is 0.481 e. The second-order valence-electron chi connectivity index (χ2n) is 4.88. The number of nitrogens with two attached hydrogens (primary N) is 1. The number of nitrogens with one attached hydrogen (secondary N) is 2. The molecule has 0 heterocycles. The molecule has 0 aliphatic carbocycles. The van der Waals surface area contributed by atoms with Crippen LogP contribution >= 0.6 is 0 Å². The van der Waals surface area contributed by atoms with Gasteiger partial charge in [0.2, 0.25) is 5.91 Å². The van der Waals surface area contributed by atoms with Gasteiger partial charge in [-0.05, 0) is 18.3 Å². The summed E-state index contributed by atoms with van der Waals surface area (Å²) >= 11 is 0. The standard InChI is InChI=1S/C11H21N3O4/c1-11(2,4-3-9(16)17)5-6-13-10(18)14-7-8(12)15/h3-7H2,1-2H3,(H2,12,15)(H,16,17)(H2,13,14,18). The molecule has 7 heteroatoms. The smallest absolute Gasteiger partial charge is 0.315 e. The molecule has 0 atom stereocenters. The zero-order valence-corrected chi connectivity index (χ0v) is 10.8. The van der Waals surface area contributed by atoms with Gasteiger partial charge in [0, 0.05) is 13.0 Å². The molecule has 0 aromatic heterocycles. The summed E-state index contributed by atoms with van der Waals surface area (Å²) in [4.78, 5) is 32.0. The maximum absolute atomic E-state index is 11.2. The van der Waals surface area contributed by atoms with Crippen molar-refractivity contribution < 1.29 is 19.5 Å². The van der Waals surface area contributed by atoms with Crippen molar-refractivity contribution in [3.8, 4) is 0 Å². The minimum atomic E-state index is -0.824. The van der Waals surface area contributed by atoms with Crippen LogP contribution in [0.25, 0.3) is 0 Å². The number of rotatable bonds is 8. The Morgan fingerprint density at radius 1 is 1.17 bits per heavy atom. The molecule has 0 fully saturated rings. The van der Waals surface area contributed by atoms with E-state index in [0.29, 0.717) is 19.4 Å². The molecule has 18 heavy (non-hydrogen) atoms. The summed E-state index contributed by atoms with van der Waals surface area (Å²) in [5.74, 6) is -1.43. The fraction of sp³-hybridized carbons (Fsp3) is 0.727. The number of carboxylic acid groups (broad SMARTS) is 1. The Balaban J connectivity index is 3.77. The molecule has 104 valence electrons. The number of hydrogen-bond acceptors (Lipinski definition) is 3. The lowest BCUT2D eigenvalue weighted by molar-refractivity contribution is -0.137. The molecule has 0 spiro atoms. The van der Waals surface area contributed by atoms with E-state index in [1.807, 2.05) is 13.8 Å². The van der Waals surface area contributed by atoms with E-state index in [9.17, 15) is 14.4 Å². The van der Waals surface area contributed by atoms with Crippen LogP contribution in [0.5, 0.6) is 0 Å². The van der Waals surface area contributed by atoms with E-state index in [2.05, 4.69) is 10.6 Å². The van der Waals surface area contributed by atoms with Crippen molar-refractivity contribution in [2.75, 3.05) is 13.1 Å². The van der Waals surface area contributed by atoms with Crippen LogP contribution in [0, 0.1) is 5.41 Å². The predicted molar refractivity (Wildman–Crippen MR) is 65.9 cm³/mol. The zero-order chi connectivity index (χ0) is 14.2. The lowest BCUT2D eigenvalue weighted by atomic mass is 9.84. The molecule has 0 saturated heterocycles. The monoisotopic (exact) mass is 259 g/mol. The Kier molecular flexibility index (Phi) is 6.77. The summed E-state index contributed by atoms with van der Waals surface area (Å²) in [6, 6.07) is -0.456. The van der Waals surface area contributed by atoms with Crippen molar-refractivity contribution in [3.63, 3.8) is 0 Å². The molecule has 0 bridgehead atoms. The van der Waals surface area contributed by atoms with Crippen molar-refractivity contribution in [2.45, 2.75) is 33.1 Å². The van der Waals surface area contributed by atoms with Crippen molar-refractivity contribution in [3.05, 3.63) is 0 Å². The van der Waals surface area contributed by atoms with E-state index < -0.39 is 17.9 Å². The highest BCUT2D eigenvalue weighted by Gasteiger charge is 2.19. The number of carbonyl (C=O) groups is 3. The van der Waals surface area contributed by atoms with Crippen molar-refractivity contribution >= 4 is 17.9 Å². The minimum Gasteiger partial charge on any atom is -0.481 e. The van der Waals surface area contributed by atoms with Gasteiger partial charge >= 0.3 is 12.0 Å². The molecule has 0 saturated carbocycles. The fourth-order valence-electron chi connectivity index (χ4n) is 1.31. The SMILES string of the molecule is CC(C)(CCNC(=O)NCC(N)=O)CCC(=O)O. The molecule has 0 rings (SSSR count). The van der Waals surface area contributed by atoms with Gasteiger partial charge in [0.1, 0.15) is 0 Å². The van der Waals surface area contributed by atoms with E-state index in [1.165, 1.54) is 0 Å². The summed E-state index contributed by atoms with van der Waals surface area (Å²) in [7, 11) is 0. The molecule has 0 aromatic rings. The van der Waals surface area contributed by atoms with Gasteiger partial charge in [0.15, 0.2) is 0 Å². The molecule has 0 radical (unpaired) electrons. The van der Waals surface area contributed by atoms with E-state index in [1.54, 1.807) is 0 Å². The van der Waals surface area contributed by atoms with Gasteiger partial charge in [-0.3, -0.25) is 9.59 Å². The number of carboxylic acids is 1. The van der Waals surface area contributed by atoms with Gasteiger partial charge in [-0.25, -0.2) is 4.79 Å². The molecule has 0 aliphatic heterocycles. The first-order valence-electron chi connectivity index (χ1n) is 5.75. The van der Waals surface area contributed by atoms with Crippen LogP contribution < -0.4 is 16.4 Å². The van der Waals surface area contributed by atoms with E-state index in [0.717, 1.165) is 0 Å². The summed E-state index contributed by atoms with van der Waals surface area (Å²) < 4.78 is 0. The molecular formula is C11H21N3O4. The van der Waals surface area contributed by atoms with Crippen LogP contribution in [-0.4, -0.2) is 36.1 Å². The van der Waals surface area contributed by atoms with E-state index >= 15 is 0 Å². The third-order valence-corrected chi connectivity index (χ3v) is 2.53. The first-order chi connectivity index (χ1) is 8.23. The number of urea groups is 1. The number of amides is 3. The maximum atomic E-state index is 11.2. The Hall–Kier alpha value is -1.79. The summed E-state index contributed by atoms with van der Waals surface area (Å²) in [6.45, 7) is 4.10. The fourth-order valence-corrected chi connectivity index (χ4v) is 1.31. The minimum absolute atomic E-state index is 0.112. The van der Waals surface area contributed by atoms with Crippen LogP contribution in [0.3, 0.4) is 0 Å². The molecule has 7 nitrogen and oxygen atoms in total. The summed E-state index contributed by atoms with van der Waals surface area (Å²) in [5, 5.41) is 13.5. The lowest BCUT2D eigenvalue weighted by Crippen LogP contribution is -2.41. The summed E-state index contributed by atoms with van der Waals surface area (Å²) in [5.41, 5.74) is 4.71. The molecule has 0 unspecified atom stereocenters. The average Bonchev–Trinajstić information content (AvgIpc) is 2.23. The molecular weight excluding hydrogens is 238 g/mol. The van der Waals surface area contributed by atoms with E-state index in [4.69, 9.17) is 10.8 Å². The molecule has 0 aromatic carbocycles. The number of primary amides is 1. The third kappa shape index (κ3) is 9.44. The van der Waals surface area contributed by atoms with Gasteiger partial charge < -0.3 is 21.5 Å². The maximum Gasteiger partial charge on any atom is 0.315 e. The second kappa shape index (κ2) is 7.52. The first-order valence-corrected chi connectivity index (χ1v) is 5.75. The first kappa shape index (κ1) is 16.2. The topological polar surface area (TPSA) is 122 Å². The Morgan fingerprint density at radius 2 is 1.78 bits per heavy atom. The highest BCUT2D eigenvalue weighted by molar-refractivity contribution is 5.82. The van der Waals surface area contributed by atoms with Crippen LogP contribution in [-0.2, 0) is 9.59 Å². The van der Waals surface area contributed by atoms with Crippen LogP contribution in [0.4, 0.5) is 4.79 Å². The van der Waals surface area contributed by atoms with Gasteiger partial charge in [0.05, 0.1) is 6.54 Å². The highest BCUT2D eigenvalue weighted by atomic mass is 16.4. The number of carbonyl (C=O) groups excluding carboxylic acids is 2. The molecule has 3 amide bonds. The highest BCUT2D eigenvalue weighted by Crippen LogP contribution is 2.25. The third-order valence-electron chi connectivity index (χ3n) is 2.53. The molecule has 5 N–H and O–H groups in total. The number of hydrogen-bond donors (Lipinski definition) is 4. The lowest BCUT2D eigenvalue weighted by Gasteiger charge is -2.23. The zero-order valence-electron chi connectivity index (χ0n) is 10.8. The van der Waals surface area contributed by atoms with Crippen LogP contribution in [0.15, 0.2) is 0 Å². The van der Waals surface area contributed by atoms with E-state index in [-0.39, 0.29) is 18.4 Å². The second-order valence-corrected chi connectivity index (χ2v) is 4.88. The van der Waals surface area contributed by atoms with Gasteiger partial charge in [0.25, 0.3) is 0 Å². The van der Waals surface area contributed by atoms with Gasteiger partial charge in [-0.2, -0.15) is 0 Å². The normalized spacial score (nSPS) is 10.8. The Morgan fingerprint density at radius 3 is 2.28 bits per heavy atom. The average molecular weight is 259 g/mol.